The van der Waals surface area contributed by atoms with Crippen molar-refractivity contribution in [3.05, 3.63) is 16.8 Å². The van der Waals surface area contributed by atoms with Gasteiger partial charge in [0.15, 0.2) is 5.82 Å². The Morgan fingerprint density at radius 1 is 1.15 bits per heavy atom. The van der Waals surface area contributed by atoms with Crippen LogP contribution >= 0.6 is 0 Å². The lowest BCUT2D eigenvalue weighted by atomic mass is 10.0. The quantitative estimate of drug-likeness (QED) is 0.887. The predicted molar refractivity (Wildman–Crippen MR) is 80.9 cm³/mol. The number of hydrogen-bond acceptors (Lipinski definition) is 5. The van der Waals surface area contributed by atoms with E-state index in [2.05, 4.69) is 36.0 Å². The van der Waals surface area contributed by atoms with Crippen LogP contribution in [0.4, 0.5) is 5.82 Å². The molecule has 0 aromatic carbocycles. The molecule has 1 fully saturated rings. The van der Waals surface area contributed by atoms with Gasteiger partial charge in [-0.3, -0.25) is 0 Å². The molecule has 2 heterocycles. The summed E-state index contributed by atoms with van der Waals surface area (Å²) in [4.78, 5) is 2.25. The predicted octanol–water partition coefficient (Wildman–Crippen LogP) is 1.68. The van der Waals surface area contributed by atoms with Crippen LogP contribution in [-0.4, -0.2) is 36.5 Å². The first-order chi connectivity index (χ1) is 9.72. The van der Waals surface area contributed by atoms with Gasteiger partial charge in [-0.25, -0.2) is 0 Å². The highest BCUT2D eigenvalue weighted by Gasteiger charge is 2.23. The minimum atomic E-state index is 0.473. The van der Waals surface area contributed by atoms with E-state index in [1.54, 1.807) is 0 Å². The van der Waals surface area contributed by atoms with Gasteiger partial charge >= 0.3 is 0 Å². The second-order valence-electron chi connectivity index (χ2n) is 5.29. The van der Waals surface area contributed by atoms with Gasteiger partial charge in [0, 0.05) is 38.4 Å². The molecule has 1 aliphatic rings. The first kappa shape index (κ1) is 15.2. The minimum Gasteiger partial charge on any atom is -0.381 e. The number of anilines is 1. The third-order valence-electron chi connectivity index (χ3n) is 4.21. The molecule has 0 radical (unpaired) electrons. The summed E-state index contributed by atoms with van der Waals surface area (Å²) in [5, 5.41) is 8.87. The van der Waals surface area contributed by atoms with Crippen molar-refractivity contribution in [2.75, 3.05) is 25.2 Å². The third-order valence-corrected chi connectivity index (χ3v) is 4.21. The van der Waals surface area contributed by atoms with E-state index >= 15 is 0 Å². The van der Waals surface area contributed by atoms with E-state index in [0.717, 1.165) is 56.0 Å². The second kappa shape index (κ2) is 6.99. The molecule has 0 unspecified atom stereocenters. The van der Waals surface area contributed by atoms with Crippen molar-refractivity contribution in [1.82, 2.24) is 10.2 Å². The maximum atomic E-state index is 6.00. The number of ether oxygens (including phenoxy) is 1. The first-order valence-electron chi connectivity index (χ1n) is 7.60. The lowest BCUT2D eigenvalue weighted by Gasteiger charge is -2.33. The zero-order valence-corrected chi connectivity index (χ0v) is 12.9. The number of aromatic nitrogens is 2. The van der Waals surface area contributed by atoms with Gasteiger partial charge in [-0.15, -0.1) is 5.10 Å². The zero-order valence-electron chi connectivity index (χ0n) is 12.9. The third kappa shape index (κ3) is 2.94. The number of rotatable bonds is 5. The highest BCUT2D eigenvalue weighted by Crippen LogP contribution is 2.26. The summed E-state index contributed by atoms with van der Waals surface area (Å²) in [6.07, 6.45) is 3.95. The molecular formula is C15H26N4O. The fraction of sp³-hybridized carbons (Fsp3) is 0.733. The highest BCUT2D eigenvalue weighted by atomic mass is 16.5. The molecule has 0 bridgehead atoms. The van der Waals surface area contributed by atoms with E-state index in [-0.39, 0.29) is 0 Å². The molecule has 5 nitrogen and oxygen atoms in total. The fourth-order valence-electron chi connectivity index (χ4n) is 2.98. The molecule has 20 heavy (non-hydrogen) atoms. The van der Waals surface area contributed by atoms with Crippen molar-refractivity contribution in [3.63, 3.8) is 0 Å². The lowest BCUT2D eigenvalue weighted by molar-refractivity contribution is 0.0853. The Morgan fingerprint density at radius 2 is 1.85 bits per heavy atom. The molecule has 2 rings (SSSR count). The number of hydrogen-bond donors (Lipinski definition) is 1. The molecule has 1 saturated heterocycles. The van der Waals surface area contributed by atoms with Gasteiger partial charge in [0.1, 0.15) is 0 Å². The van der Waals surface area contributed by atoms with Crippen LogP contribution in [0.1, 0.15) is 43.5 Å². The van der Waals surface area contributed by atoms with Crippen LogP contribution in [0.2, 0.25) is 0 Å². The van der Waals surface area contributed by atoms with Gasteiger partial charge in [-0.05, 0) is 31.2 Å². The molecule has 0 aliphatic carbocycles. The van der Waals surface area contributed by atoms with Crippen molar-refractivity contribution in [2.24, 2.45) is 5.73 Å². The largest absolute Gasteiger partial charge is 0.381 e. The van der Waals surface area contributed by atoms with E-state index in [0.29, 0.717) is 12.6 Å². The van der Waals surface area contributed by atoms with Crippen LogP contribution in [0, 0.1) is 0 Å². The topological polar surface area (TPSA) is 64.3 Å². The lowest BCUT2D eigenvalue weighted by Crippen LogP contribution is -2.38. The monoisotopic (exact) mass is 278 g/mol. The summed E-state index contributed by atoms with van der Waals surface area (Å²) in [5.41, 5.74) is 9.52. The average Bonchev–Trinajstić information content (AvgIpc) is 2.53. The van der Waals surface area contributed by atoms with Crippen LogP contribution in [0.5, 0.6) is 0 Å². The number of nitrogens with zero attached hydrogens (tertiary/aromatic N) is 3. The van der Waals surface area contributed by atoms with Crippen LogP contribution < -0.4 is 10.6 Å². The Bertz CT molecular complexity index is 444. The van der Waals surface area contributed by atoms with Gasteiger partial charge in [0.2, 0.25) is 0 Å². The molecule has 0 spiro atoms. The van der Waals surface area contributed by atoms with Crippen molar-refractivity contribution < 1.29 is 4.74 Å². The maximum absolute atomic E-state index is 6.00. The van der Waals surface area contributed by atoms with Crippen molar-refractivity contribution in [2.45, 2.75) is 52.1 Å². The van der Waals surface area contributed by atoms with Gasteiger partial charge in [-0.1, -0.05) is 13.8 Å². The molecule has 0 amide bonds. The Labute approximate surface area is 121 Å². The maximum Gasteiger partial charge on any atom is 0.156 e. The Balaban J connectivity index is 2.34. The normalized spacial score (nSPS) is 16.4. The Morgan fingerprint density at radius 3 is 2.40 bits per heavy atom. The van der Waals surface area contributed by atoms with E-state index in [4.69, 9.17) is 10.5 Å². The van der Waals surface area contributed by atoms with Crippen LogP contribution in [-0.2, 0) is 24.1 Å². The highest BCUT2D eigenvalue weighted by molar-refractivity contribution is 5.51. The molecule has 2 N–H and O–H groups in total. The molecule has 0 saturated carbocycles. The second-order valence-corrected chi connectivity index (χ2v) is 5.29. The standard InChI is InChI=1S/C15H26N4O/c1-4-12-13(10-16)15(18-17-14(12)5-2)19(3)11-6-8-20-9-7-11/h11H,4-10,16H2,1-3H3. The SMILES string of the molecule is CCc1nnc(N(C)C2CCOCC2)c(CN)c1CC. The van der Waals surface area contributed by atoms with Crippen LogP contribution in [0.3, 0.4) is 0 Å². The van der Waals surface area contributed by atoms with Crippen LogP contribution in [0.15, 0.2) is 0 Å². The zero-order chi connectivity index (χ0) is 14.5. The average molecular weight is 278 g/mol. The summed E-state index contributed by atoms with van der Waals surface area (Å²) < 4.78 is 5.44. The summed E-state index contributed by atoms with van der Waals surface area (Å²) in [7, 11) is 2.10. The molecule has 5 heteroatoms. The number of nitrogens with two attached hydrogens (primary N) is 1. The molecule has 112 valence electrons. The minimum absolute atomic E-state index is 0.473. The fourth-order valence-corrected chi connectivity index (χ4v) is 2.98. The van der Waals surface area contributed by atoms with Crippen molar-refractivity contribution in [1.29, 1.82) is 0 Å². The van der Waals surface area contributed by atoms with E-state index < -0.39 is 0 Å². The Kier molecular flexibility index (Phi) is 5.31. The Hall–Kier alpha value is -1.20. The molecule has 1 aromatic rings. The van der Waals surface area contributed by atoms with Gasteiger partial charge < -0.3 is 15.4 Å². The molecule has 1 aliphatic heterocycles. The van der Waals surface area contributed by atoms with Gasteiger partial charge in [-0.2, -0.15) is 5.10 Å². The van der Waals surface area contributed by atoms with Crippen molar-refractivity contribution >= 4 is 5.82 Å². The van der Waals surface area contributed by atoms with Gasteiger partial charge in [0.25, 0.3) is 0 Å². The van der Waals surface area contributed by atoms with Gasteiger partial charge in [0.05, 0.1) is 5.69 Å². The summed E-state index contributed by atoms with van der Waals surface area (Å²) in [6.45, 7) is 6.45. The molecular weight excluding hydrogens is 252 g/mol. The molecule has 1 aromatic heterocycles. The smallest absolute Gasteiger partial charge is 0.156 e. The van der Waals surface area contributed by atoms with Crippen LogP contribution in [0.25, 0.3) is 0 Å². The van der Waals surface area contributed by atoms with E-state index in [1.165, 1.54) is 5.56 Å². The van der Waals surface area contributed by atoms with Crippen molar-refractivity contribution in [3.8, 4) is 0 Å². The summed E-state index contributed by atoms with van der Waals surface area (Å²) in [6, 6.07) is 0.473. The summed E-state index contributed by atoms with van der Waals surface area (Å²) >= 11 is 0. The van der Waals surface area contributed by atoms with E-state index in [1.807, 2.05) is 0 Å². The molecule has 0 atom stereocenters. The van der Waals surface area contributed by atoms with E-state index in [9.17, 15) is 0 Å². The first-order valence-corrected chi connectivity index (χ1v) is 7.60. The number of aryl methyl sites for hydroxylation is 1. The summed E-state index contributed by atoms with van der Waals surface area (Å²) in [5.74, 6) is 0.952.